The van der Waals surface area contributed by atoms with Crippen LogP contribution >= 0.6 is 0 Å². The van der Waals surface area contributed by atoms with E-state index in [1.165, 1.54) is 45.2 Å². The fourth-order valence-corrected chi connectivity index (χ4v) is 2.54. The van der Waals surface area contributed by atoms with Crippen molar-refractivity contribution in [2.75, 3.05) is 13.1 Å². The van der Waals surface area contributed by atoms with Gasteiger partial charge in [0.2, 0.25) is 0 Å². The van der Waals surface area contributed by atoms with Crippen LogP contribution in [0.1, 0.15) is 59.8 Å². The Labute approximate surface area is 102 Å². The summed E-state index contributed by atoms with van der Waals surface area (Å²) in [5.74, 6) is 0. The van der Waals surface area contributed by atoms with E-state index in [1.807, 2.05) is 0 Å². The van der Waals surface area contributed by atoms with Crippen molar-refractivity contribution in [1.82, 2.24) is 4.90 Å². The van der Waals surface area contributed by atoms with E-state index in [2.05, 4.69) is 32.6 Å². The highest BCUT2D eigenvalue weighted by molar-refractivity contribution is 4.81. The predicted molar refractivity (Wildman–Crippen MR) is 71.6 cm³/mol. The molecular weight excluding hydrogens is 196 g/mol. The Kier molecular flexibility index (Phi) is 5.26. The summed E-state index contributed by atoms with van der Waals surface area (Å²) in [6.07, 6.45) is 6.34. The van der Waals surface area contributed by atoms with Gasteiger partial charge in [-0.15, -0.1) is 0 Å². The molecular formula is C14H30N2. The summed E-state index contributed by atoms with van der Waals surface area (Å²) in [7, 11) is 0. The Hall–Kier alpha value is -0.0800. The molecule has 0 amide bonds. The molecule has 0 radical (unpaired) electrons. The Balaban J connectivity index is 2.36. The summed E-state index contributed by atoms with van der Waals surface area (Å²) < 4.78 is 0. The molecule has 0 saturated heterocycles. The quantitative estimate of drug-likeness (QED) is 0.798. The molecule has 0 atom stereocenters. The Bertz CT molecular complexity index is 187. The van der Waals surface area contributed by atoms with Crippen molar-refractivity contribution in [3.8, 4) is 0 Å². The van der Waals surface area contributed by atoms with E-state index in [4.69, 9.17) is 5.73 Å². The van der Waals surface area contributed by atoms with Crippen molar-refractivity contribution in [2.24, 2.45) is 11.1 Å². The topological polar surface area (TPSA) is 29.3 Å². The Morgan fingerprint density at radius 1 is 1.12 bits per heavy atom. The summed E-state index contributed by atoms with van der Waals surface area (Å²) >= 11 is 0. The van der Waals surface area contributed by atoms with E-state index in [0.29, 0.717) is 11.5 Å². The highest BCUT2D eigenvalue weighted by atomic mass is 15.1. The van der Waals surface area contributed by atoms with Crippen molar-refractivity contribution in [3.63, 3.8) is 0 Å². The lowest BCUT2D eigenvalue weighted by Gasteiger charge is -2.36. The molecule has 1 aliphatic rings. The standard InChI is InChI=1S/C14H30N2/c1-5-16(11-10-14(2,3)4)13-8-6-12(15)7-9-13/h12-13H,5-11,15H2,1-4H3. The zero-order valence-electron chi connectivity index (χ0n) is 11.6. The third-order valence-corrected chi connectivity index (χ3v) is 3.81. The number of hydrogen-bond donors (Lipinski definition) is 1. The van der Waals surface area contributed by atoms with Crippen molar-refractivity contribution in [3.05, 3.63) is 0 Å². The van der Waals surface area contributed by atoms with Crippen LogP contribution in [0.5, 0.6) is 0 Å². The van der Waals surface area contributed by atoms with Crippen molar-refractivity contribution in [2.45, 2.75) is 71.9 Å². The van der Waals surface area contributed by atoms with Gasteiger partial charge in [-0.05, 0) is 50.6 Å². The zero-order chi connectivity index (χ0) is 12.2. The molecule has 1 aliphatic carbocycles. The Morgan fingerprint density at radius 2 is 1.69 bits per heavy atom. The van der Waals surface area contributed by atoms with Crippen LogP contribution in [-0.4, -0.2) is 30.1 Å². The molecule has 0 heterocycles. The van der Waals surface area contributed by atoms with Gasteiger partial charge in [-0.3, -0.25) is 0 Å². The van der Waals surface area contributed by atoms with Gasteiger partial charge in [0.05, 0.1) is 0 Å². The van der Waals surface area contributed by atoms with Gasteiger partial charge in [-0.2, -0.15) is 0 Å². The predicted octanol–water partition coefficient (Wildman–Crippen LogP) is 3.01. The second-order valence-electron chi connectivity index (χ2n) is 6.51. The highest BCUT2D eigenvalue weighted by Crippen LogP contribution is 2.25. The first-order valence-corrected chi connectivity index (χ1v) is 6.92. The van der Waals surface area contributed by atoms with Crippen LogP contribution in [0, 0.1) is 5.41 Å². The number of nitrogens with two attached hydrogens (primary N) is 1. The molecule has 2 nitrogen and oxygen atoms in total. The second kappa shape index (κ2) is 6.02. The highest BCUT2D eigenvalue weighted by Gasteiger charge is 2.24. The lowest BCUT2D eigenvalue weighted by molar-refractivity contribution is 0.139. The average Bonchev–Trinajstić information content (AvgIpc) is 2.20. The second-order valence-corrected chi connectivity index (χ2v) is 6.51. The van der Waals surface area contributed by atoms with Crippen LogP contribution in [0.15, 0.2) is 0 Å². The lowest BCUT2D eigenvalue weighted by atomic mass is 9.88. The molecule has 2 N–H and O–H groups in total. The normalized spacial score (nSPS) is 27.4. The molecule has 96 valence electrons. The first-order chi connectivity index (χ1) is 7.42. The largest absolute Gasteiger partial charge is 0.328 e. The van der Waals surface area contributed by atoms with Gasteiger partial charge < -0.3 is 10.6 Å². The summed E-state index contributed by atoms with van der Waals surface area (Å²) in [5.41, 5.74) is 6.42. The van der Waals surface area contributed by atoms with Gasteiger partial charge in [-0.1, -0.05) is 27.7 Å². The molecule has 0 aromatic heterocycles. The van der Waals surface area contributed by atoms with Gasteiger partial charge in [0.15, 0.2) is 0 Å². The number of rotatable bonds is 4. The summed E-state index contributed by atoms with van der Waals surface area (Å²) in [5, 5.41) is 0. The first kappa shape index (κ1) is 14.0. The molecule has 1 saturated carbocycles. The van der Waals surface area contributed by atoms with Gasteiger partial charge in [0, 0.05) is 12.1 Å². The van der Waals surface area contributed by atoms with Gasteiger partial charge >= 0.3 is 0 Å². The summed E-state index contributed by atoms with van der Waals surface area (Å²) in [6.45, 7) is 11.7. The number of hydrogen-bond acceptors (Lipinski definition) is 2. The molecule has 1 rings (SSSR count). The number of nitrogens with zero attached hydrogens (tertiary/aromatic N) is 1. The molecule has 16 heavy (non-hydrogen) atoms. The molecule has 0 aliphatic heterocycles. The maximum Gasteiger partial charge on any atom is 0.00962 e. The van der Waals surface area contributed by atoms with Gasteiger partial charge in [0.25, 0.3) is 0 Å². The lowest BCUT2D eigenvalue weighted by Crippen LogP contribution is -2.41. The van der Waals surface area contributed by atoms with Crippen LogP contribution < -0.4 is 5.73 Å². The zero-order valence-corrected chi connectivity index (χ0v) is 11.6. The molecule has 0 aromatic carbocycles. The van der Waals surface area contributed by atoms with Crippen LogP contribution in [0.25, 0.3) is 0 Å². The molecule has 1 fully saturated rings. The molecule has 0 bridgehead atoms. The van der Waals surface area contributed by atoms with E-state index >= 15 is 0 Å². The van der Waals surface area contributed by atoms with Gasteiger partial charge in [-0.25, -0.2) is 0 Å². The minimum Gasteiger partial charge on any atom is -0.328 e. The van der Waals surface area contributed by atoms with Crippen LogP contribution in [0.4, 0.5) is 0 Å². The summed E-state index contributed by atoms with van der Waals surface area (Å²) in [4.78, 5) is 2.66. The van der Waals surface area contributed by atoms with E-state index < -0.39 is 0 Å². The minimum absolute atomic E-state index is 0.457. The third kappa shape index (κ3) is 4.84. The molecule has 0 unspecified atom stereocenters. The van der Waals surface area contributed by atoms with E-state index in [-0.39, 0.29) is 0 Å². The van der Waals surface area contributed by atoms with Crippen molar-refractivity contribution < 1.29 is 0 Å². The SMILES string of the molecule is CCN(CCC(C)(C)C)C1CCC(N)CC1. The molecule has 2 heteroatoms. The first-order valence-electron chi connectivity index (χ1n) is 6.92. The van der Waals surface area contributed by atoms with Crippen molar-refractivity contribution >= 4 is 0 Å². The van der Waals surface area contributed by atoms with E-state index in [9.17, 15) is 0 Å². The maximum atomic E-state index is 5.96. The molecule has 0 spiro atoms. The Morgan fingerprint density at radius 3 is 2.12 bits per heavy atom. The maximum absolute atomic E-state index is 5.96. The fourth-order valence-electron chi connectivity index (χ4n) is 2.54. The van der Waals surface area contributed by atoms with E-state index in [0.717, 1.165) is 6.04 Å². The molecule has 0 aromatic rings. The van der Waals surface area contributed by atoms with Crippen LogP contribution in [-0.2, 0) is 0 Å². The monoisotopic (exact) mass is 226 g/mol. The minimum atomic E-state index is 0.457. The summed E-state index contributed by atoms with van der Waals surface area (Å²) in [6, 6.07) is 1.27. The average molecular weight is 226 g/mol. The smallest absolute Gasteiger partial charge is 0.00962 e. The van der Waals surface area contributed by atoms with Gasteiger partial charge in [0.1, 0.15) is 0 Å². The van der Waals surface area contributed by atoms with Crippen molar-refractivity contribution in [1.29, 1.82) is 0 Å². The fraction of sp³-hybridized carbons (Fsp3) is 1.00. The van der Waals surface area contributed by atoms with Crippen LogP contribution in [0.2, 0.25) is 0 Å². The third-order valence-electron chi connectivity index (χ3n) is 3.81. The van der Waals surface area contributed by atoms with E-state index in [1.54, 1.807) is 0 Å². The van der Waals surface area contributed by atoms with Crippen LogP contribution in [0.3, 0.4) is 0 Å².